The van der Waals surface area contributed by atoms with Gasteiger partial charge in [0.15, 0.2) is 0 Å². The van der Waals surface area contributed by atoms with Gasteiger partial charge in [0.05, 0.1) is 13.2 Å². The second-order valence-corrected chi connectivity index (χ2v) is 2.40. The van der Waals surface area contributed by atoms with E-state index >= 15 is 0 Å². The Labute approximate surface area is 53.2 Å². The average molecular weight is 155 g/mol. The SMILES string of the molecule is [O]CCCOS(=O)(=O)O. The van der Waals surface area contributed by atoms with Crippen LogP contribution in [0, 0.1) is 0 Å². The highest BCUT2D eigenvalue weighted by Crippen LogP contribution is 1.87. The summed E-state index contributed by atoms with van der Waals surface area (Å²) in [5.74, 6) is 0. The van der Waals surface area contributed by atoms with Gasteiger partial charge in [-0.05, 0) is 6.42 Å². The molecule has 0 bridgehead atoms. The highest BCUT2D eigenvalue weighted by Gasteiger charge is 2.01. The Morgan fingerprint density at radius 1 is 1.44 bits per heavy atom. The maximum atomic E-state index is 9.74. The molecule has 0 aliphatic rings. The molecule has 0 aromatic rings. The Bertz CT molecular complexity index is 148. The highest BCUT2D eigenvalue weighted by molar-refractivity contribution is 7.80. The van der Waals surface area contributed by atoms with Gasteiger partial charge in [-0.15, -0.1) is 0 Å². The van der Waals surface area contributed by atoms with Crippen LogP contribution < -0.4 is 0 Å². The van der Waals surface area contributed by atoms with Gasteiger partial charge in [0.2, 0.25) is 0 Å². The Hall–Kier alpha value is -0.170. The molecule has 0 rings (SSSR count). The third-order valence-electron chi connectivity index (χ3n) is 0.521. The summed E-state index contributed by atoms with van der Waals surface area (Å²) in [5.41, 5.74) is 0. The molecule has 0 aromatic heterocycles. The molecule has 0 atom stereocenters. The first-order valence-corrected chi connectivity index (χ1v) is 3.63. The van der Waals surface area contributed by atoms with Gasteiger partial charge < -0.3 is 0 Å². The zero-order chi connectivity index (χ0) is 7.33. The van der Waals surface area contributed by atoms with Crippen LogP contribution in [0.5, 0.6) is 0 Å². The van der Waals surface area contributed by atoms with Crippen molar-refractivity contribution in [3.63, 3.8) is 0 Å². The van der Waals surface area contributed by atoms with Gasteiger partial charge in [-0.3, -0.25) is 4.55 Å². The van der Waals surface area contributed by atoms with Crippen LogP contribution in [0.4, 0.5) is 0 Å². The van der Waals surface area contributed by atoms with Crippen molar-refractivity contribution >= 4 is 10.4 Å². The molecule has 0 aliphatic heterocycles. The standard InChI is InChI=1S/C3H7O5S/c4-2-1-3-8-9(5,6)7/h1-3H2,(H,5,6,7). The normalized spacial score (nSPS) is 11.8. The molecule has 0 saturated heterocycles. The van der Waals surface area contributed by atoms with E-state index in [0.29, 0.717) is 0 Å². The predicted molar refractivity (Wildman–Crippen MR) is 27.7 cm³/mol. The first-order valence-electron chi connectivity index (χ1n) is 2.26. The van der Waals surface area contributed by atoms with Gasteiger partial charge in [-0.25, -0.2) is 9.29 Å². The molecule has 0 heterocycles. The average Bonchev–Trinajstić information content (AvgIpc) is 1.63. The summed E-state index contributed by atoms with van der Waals surface area (Å²) in [7, 11) is -4.34. The minimum Gasteiger partial charge on any atom is -0.264 e. The highest BCUT2D eigenvalue weighted by atomic mass is 32.3. The van der Waals surface area contributed by atoms with Crippen LogP contribution in [0.3, 0.4) is 0 Å². The van der Waals surface area contributed by atoms with Crippen LogP contribution >= 0.6 is 0 Å². The van der Waals surface area contributed by atoms with Gasteiger partial charge in [0.1, 0.15) is 0 Å². The summed E-state index contributed by atoms with van der Waals surface area (Å²) >= 11 is 0. The second-order valence-electron chi connectivity index (χ2n) is 1.31. The fourth-order valence-electron chi connectivity index (χ4n) is 0.223. The summed E-state index contributed by atoms with van der Waals surface area (Å²) in [6.45, 7) is -0.655. The predicted octanol–water partition coefficient (Wildman–Crippen LogP) is -0.374. The van der Waals surface area contributed by atoms with Gasteiger partial charge in [0, 0.05) is 0 Å². The Kier molecular flexibility index (Phi) is 3.71. The summed E-state index contributed by atoms with van der Waals surface area (Å²) in [4.78, 5) is 0. The molecule has 9 heavy (non-hydrogen) atoms. The molecule has 6 heteroatoms. The molecule has 0 fully saturated rings. The van der Waals surface area contributed by atoms with Crippen molar-refractivity contribution in [2.45, 2.75) is 6.42 Å². The van der Waals surface area contributed by atoms with E-state index in [1.54, 1.807) is 0 Å². The van der Waals surface area contributed by atoms with Crippen LogP contribution in [0.25, 0.3) is 0 Å². The smallest absolute Gasteiger partial charge is 0.264 e. The third-order valence-corrected chi connectivity index (χ3v) is 0.985. The molecular weight excluding hydrogens is 148 g/mol. The van der Waals surface area contributed by atoms with Gasteiger partial charge in [-0.2, -0.15) is 8.42 Å². The van der Waals surface area contributed by atoms with E-state index < -0.39 is 17.0 Å². The molecule has 0 spiro atoms. The van der Waals surface area contributed by atoms with Crippen molar-refractivity contribution < 1.29 is 22.3 Å². The topological polar surface area (TPSA) is 83.5 Å². The number of hydrogen-bond donors (Lipinski definition) is 1. The van der Waals surface area contributed by atoms with E-state index in [1.165, 1.54) is 0 Å². The minimum atomic E-state index is -4.34. The van der Waals surface area contributed by atoms with Crippen LogP contribution in [0.15, 0.2) is 0 Å². The van der Waals surface area contributed by atoms with Gasteiger partial charge in [0.25, 0.3) is 0 Å². The summed E-state index contributed by atoms with van der Waals surface area (Å²) in [6, 6.07) is 0. The first-order chi connectivity index (χ1) is 4.06. The van der Waals surface area contributed by atoms with Gasteiger partial charge >= 0.3 is 10.4 Å². The summed E-state index contributed by atoms with van der Waals surface area (Å²) in [5, 5.41) is 9.66. The fourth-order valence-corrected chi connectivity index (χ4v) is 0.552. The van der Waals surface area contributed by atoms with Crippen molar-refractivity contribution in [3.8, 4) is 0 Å². The molecule has 0 unspecified atom stereocenters. The van der Waals surface area contributed by atoms with E-state index in [0.717, 1.165) is 0 Å². The van der Waals surface area contributed by atoms with Crippen molar-refractivity contribution in [1.82, 2.24) is 0 Å². The largest absolute Gasteiger partial charge is 0.397 e. The van der Waals surface area contributed by atoms with E-state index in [1.807, 2.05) is 0 Å². The van der Waals surface area contributed by atoms with Crippen molar-refractivity contribution in [1.29, 1.82) is 0 Å². The summed E-state index contributed by atoms with van der Waals surface area (Å²) < 4.78 is 31.2. The Balaban J connectivity index is 3.30. The minimum absolute atomic E-state index is 0.0831. The lowest BCUT2D eigenvalue weighted by Gasteiger charge is -1.94. The van der Waals surface area contributed by atoms with Crippen molar-refractivity contribution in [2.75, 3.05) is 13.2 Å². The lowest BCUT2D eigenvalue weighted by molar-refractivity contribution is 0.162. The Morgan fingerprint density at radius 3 is 2.33 bits per heavy atom. The Morgan fingerprint density at radius 2 is 2.00 bits per heavy atom. The van der Waals surface area contributed by atoms with Gasteiger partial charge in [-0.1, -0.05) is 0 Å². The first kappa shape index (κ1) is 8.83. The monoisotopic (exact) mass is 155 g/mol. The van der Waals surface area contributed by atoms with Crippen LogP contribution in [-0.4, -0.2) is 26.2 Å². The van der Waals surface area contributed by atoms with Crippen molar-refractivity contribution in [3.05, 3.63) is 0 Å². The van der Waals surface area contributed by atoms with Crippen LogP contribution in [0.1, 0.15) is 6.42 Å². The zero-order valence-electron chi connectivity index (χ0n) is 4.61. The maximum Gasteiger partial charge on any atom is 0.397 e. The number of rotatable bonds is 4. The van der Waals surface area contributed by atoms with Crippen LogP contribution in [-0.2, 0) is 19.7 Å². The molecule has 0 aliphatic carbocycles. The van der Waals surface area contributed by atoms with Crippen LogP contribution in [0.2, 0.25) is 0 Å². The maximum absolute atomic E-state index is 9.74. The molecule has 1 radical (unpaired) electrons. The number of hydrogen-bond acceptors (Lipinski definition) is 3. The van der Waals surface area contributed by atoms with E-state index in [-0.39, 0.29) is 13.0 Å². The lowest BCUT2D eigenvalue weighted by atomic mass is 10.5. The van der Waals surface area contributed by atoms with Crippen molar-refractivity contribution in [2.24, 2.45) is 0 Å². The molecule has 1 N–H and O–H groups in total. The molecular formula is C3H7O5S. The molecule has 0 aromatic carbocycles. The van der Waals surface area contributed by atoms with E-state index in [4.69, 9.17) is 4.55 Å². The third kappa shape index (κ3) is 7.83. The van der Waals surface area contributed by atoms with E-state index in [9.17, 15) is 13.5 Å². The molecule has 0 amide bonds. The zero-order valence-corrected chi connectivity index (χ0v) is 5.43. The molecule has 0 saturated carbocycles. The quantitative estimate of drug-likeness (QED) is 0.443. The summed E-state index contributed by atoms with van der Waals surface area (Å²) in [6.07, 6.45) is 0.0831. The fraction of sp³-hybridized carbons (Fsp3) is 1.00. The lowest BCUT2D eigenvalue weighted by Crippen LogP contribution is -2.05. The molecule has 55 valence electrons. The second kappa shape index (κ2) is 3.78. The molecule has 5 nitrogen and oxygen atoms in total. The van der Waals surface area contributed by atoms with E-state index in [2.05, 4.69) is 4.18 Å².